The molecule has 2 fully saturated rings. The predicted octanol–water partition coefficient (Wildman–Crippen LogP) is 3.95. The van der Waals surface area contributed by atoms with Crippen molar-refractivity contribution in [2.75, 3.05) is 31.7 Å². The lowest BCUT2D eigenvalue weighted by Crippen LogP contribution is -2.50. The van der Waals surface area contributed by atoms with Crippen LogP contribution in [-0.2, 0) is 4.74 Å². The molecule has 0 unspecified atom stereocenters. The average molecular weight is 518 g/mol. The van der Waals surface area contributed by atoms with Crippen LogP contribution in [0.5, 0.6) is 11.6 Å². The smallest absolute Gasteiger partial charge is 0.251 e. The fraction of sp³-hybridized carbons (Fsp3) is 0.321. The monoisotopic (exact) mass is 517 g/mol. The summed E-state index contributed by atoms with van der Waals surface area (Å²) in [5.41, 5.74) is 3.86. The number of carbonyl (C=O) groups is 1. The van der Waals surface area contributed by atoms with Crippen LogP contribution in [0.4, 0.5) is 10.1 Å². The minimum atomic E-state index is -0.415. The number of aromatic nitrogens is 3. The molecule has 4 aromatic rings. The Morgan fingerprint density at radius 1 is 1.24 bits per heavy atom. The summed E-state index contributed by atoms with van der Waals surface area (Å²) in [6.45, 7) is 3.29. The molecule has 10 heteroatoms. The molecule has 1 amide bonds. The normalized spacial score (nSPS) is 16.2. The predicted molar refractivity (Wildman–Crippen MR) is 139 cm³/mol. The summed E-state index contributed by atoms with van der Waals surface area (Å²) in [6, 6.07) is 13.5. The van der Waals surface area contributed by atoms with E-state index in [1.165, 1.54) is 12.1 Å². The van der Waals surface area contributed by atoms with Crippen molar-refractivity contribution in [1.29, 1.82) is 0 Å². The van der Waals surface area contributed by atoms with Gasteiger partial charge in [0.15, 0.2) is 5.65 Å². The second-order valence-corrected chi connectivity index (χ2v) is 10.1. The highest BCUT2D eigenvalue weighted by molar-refractivity contribution is 5.96. The van der Waals surface area contributed by atoms with Gasteiger partial charge in [-0.2, -0.15) is 0 Å². The molecule has 38 heavy (non-hydrogen) atoms. The SMILES string of the molecule is Cc1cc(-c2cnc3c(NCC4(CO)COC4)cc(Oc4cccc(F)c4)nn23)ccc1C(=O)NC1CC1. The van der Waals surface area contributed by atoms with E-state index in [-0.39, 0.29) is 29.9 Å². The maximum Gasteiger partial charge on any atom is 0.251 e. The number of imidazole rings is 1. The summed E-state index contributed by atoms with van der Waals surface area (Å²) in [5, 5.41) is 20.9. The van der Waals surface area contributed by atoms with Crippen LogP contribution in [0.1, 0.15) is 28.8 Å². The first-order chi connectivity index (χ1) is 18.4. The van der Waals surface area contributed by atoms with Gasteiger partial charge in [0.1, 0.15) is 11.6 Å². The standard InChI is InChI=1S/C28H28FN5O4/c1-17-9-18(5-8-22(17)27(36)32-20-6-7-20)24-12-30-26-23(31-13-28(14-35)15-37-16-28)11-25(33-34(24)26)38-21-4-2-3-19(29)10-21/h2-5,8-12,20,31,35H,6-7,13-16H2,1H3,(H,32,36). The van der Waals surface area contributed by atoms with Crippen LogP contribution in [-0.4, -0.2) is 58.0 Å². The third-order valence-electron chi connectivity index (χ3n) is 6.95. The zero-order valence-electron chi connectivity index (χ0n) is 20.9. The average Bonchev–Trinajstić information content (AvgIpc) is 3.58. The van der Waals surface area contributed by atoms with Gasteiger partial charge in [-0.05, 0) is 49.6 Å². The molecule has 9 nitrogen and oxygen atoms in total. The van der Waals surface area contributed by atoms with Crippen LogP contribution in [0.3, 0.4) is 0 Å². The summed E-state index contributed by atoms with van der Waals surface area (Å²) in [4.78, 5) is 17.2. The van der Waals surface area contributed by atoms with E-state index in [1.54, 1.807) is 28.9 Å². The number of anilines is 1. The summed E-state index contributed by atoms with van der Waals surface area (Å²) < 4.78 is 26.7. The number of aliphatic hydroxyl groups excluding tert-OH is 1. The Balaban J connectivity index is 1.37. The van der Waals surface area contributed by atoms with Crippen molar-refractivity contribution in [2.24, 2.45) is 5.41 Å². The number of carbonyl (C=O) groups excluding carboxylic acids is 1. The van der Waals surface area contributed by atoms with E-state index < -0.39 is 5.82 Å². The molecule has 2 aromatic heterocycles. The van der Waals surface area contributed by atoms with Crippen molar-refractivity contribution in [1.82, 2.24) is 19.9 Å². The molecule has 2 aromatic carbocycles. The Bertz CT molecular complexity index is 1510. The fourth-order valence-corrected chi connectivity index (χ4v) is 4.47. The maximum atomic E-state index is 13.8. The molecule has 3 heterocycles. The number of nitrogens with zero attached hydrogens (tertiary/aromatic N) is 3. The molecule has 0 bridgehead atoms. The number of ether oxygens (including phenoxy) is 2. The van der Waals surface area contributed by atoms with E-state index in [0.717, 1.165) is 24.0 Å². The Kier molecular flexibility index (Phi) is 6.21. The van der Waals surface area contributed by atoms with Gasteiger partial charge in [0.2, 0.25) is 5.88 Å². The van der Waals surface area contributed by atoms with E-state index in [1.807, 2.05) is 25.1 Å². The number of halogens is 1. The van der Waals surface area contributed by atoms with Crippen molar-refractivity contribution >= 4 is 17.2 Å². The highest BCUT2D eigenvalue weighted by Crippen LogP contribution is 2.32. The van der Waals surface area contributed by atoms with Crippen LogP contribution in [0.2, 0.25) is 0 Å². The number of rotatable bonds is 9. The topological polar surface area (TPSA) is 110 Å². The van der Waals surface area contributed by atoms with Gasteiger partial charge in [-0.1, -0.05) is 12.1 Å². The number of amides is 1. The number of aliphatic hydroxyl groups is 1. The van der Waals surface area contributed by atoms with Gasteiger partial charge in [-0.25, -0.2) is 13.9 Å². The van der Waals surface area contributed by atoms with Crippen molar-refractivity contribution in [2.45, 2.75) is 25.8 Å². The maximum absolute atomic E-state index is 13.8. The molecular formula is C28H28FN5O4. The van der Waals surface area contributed by atoms with Crippen molar-refractivity contribution in [3.63, 3.8) is 0 Å². The highest BCUT2D eigenvalue weighted by Gasteiger charge is 2.38. The van der Waals surface area contributed by atoms with E-state index in [2.05, 4.69) is 20.7 Å². The molecule has 1 saturated carbocycles. The molecule has 3 N–H and O–H groups in total. The van der Waals surface area contributed by atoms with Crippen LogP contribution in [0, 0.1) is 18.2 Å². The number of fused-ring (bicyclic) bond motifs is 1. The largest absolute Gasteiger partial charge is 0.437 e. The van der Waals surface area contributed by atoms with Gasteiger partial charge in [-0.15, -0.1) is 5.10 Å². The molecule has 2 aliphatic rings. The highest BCUT2D eigenvalue weighted by atomic mass is 19.1. The molecule has 0 spiro atoms. The van der Waals surface area contributed by atoms with E-state index in [9.17, 15) is 14.3 Å². The van der Waals surface area contributed by atoms with E-state index >= 15 is 0 Å². The molecular weight excluding hydrogens is 489 g/mol. The van der Waals surface area contributed by atoms with E-state index in [0.29, 0.717) is 48.1 Å². The number of hydrogen-bond donors (Lipinski definition) is 3. The van der Waals surface area contributed by atoms with Gasteiger partial charge in [0, 0.05) is 35.8 Å². The first kappa shape index (κ1) is 24.3. The molecule has 196 valence electrons. The Morgan fingerprint density at radius 2 is 2.08 bits per heavy atom. The van der Waals surface area contributed by atoms with Crippen LogP contribution in [0.15, 0.2) is 54.7 Å². The molecule has 0 radical (unpaired) electrons. The number of hydrogen-bond acceptors (Lipinski definition) is 7. The number of aryl methyl sites for hydroxylation is 1. The third-order valence-corrected chi connectivity index (χ3v) is 6.95. The quantitative estimate of drug-likeness (QED) is 0.308. The number of benzene rings is 2. The van der Waals surface area contributed by atoms with Crippen molar-refractivity contribution in [3.8, 4) is 22.9 Å². The zero-order chi connectivity index (χ0) is 26.3. The molecule has 6 rings (SSSR count). The van der Waals surface area contributed by atoms with Gasteiger partial charge in [-0.3, -0.25) is 4.79 Å². The zero-order valence-corrected chi connectivity index (χ0v) is 20.9. The van der Waals surface area contributed by atoms with Crippen LogP contribution >= 0.6 is 0 Å². The Labute approximate surface area is 218 Å². The van der Waals surface area contributed by atoms with Crippen molar-refractivity contribution in [3.05, 3.63) is 71.7 Å². The van der Waals surface area contributed by atoms with Gasteiger partial charge in [0.05, 0.1) is 42.8 Å². The van der Waals surface area contributed by atoms with Gasteiger partial charge in [0.25, 0.3) is 5.91 Å². The Hall–Kier alpha value is -4.02. The minimum absolute atomic E-state index is 0.00629. The second kappa shape index (κ2) is 9.70. The lowest BCUT2D eigenvalue weighted by Gasteiger charge is -2.40. The lowest BCUT2D eigenvalue weighted by atomic mass is 9.87. The van der Waals surface area contributed by atoms with E-state index in [4.69, 9.17) is 9.47 Å². The van der Waals surface area contributed by atoms with Crippen molar-refractivity contribution < 1.29 is 23.8 Å². The first-order valence-corrected chi connectivity index (χ1v) is 12.6. The fourth-order valence-electron chi connectivity index (χ4n) is 4.47. The molecule has 0 atom stereocenters. The second-order valence-electron chi connectivity index (χ2n) is 10.1. The molecule has 1 saturated heterocycles. The number of nitrogens with one attached hydrogen (secondary N) is 2. The van der Waals surface area contributed by atoms with Crippen LogP contribution in [0.25, 0.3) is 16.9 Å². The summed E-state index contributed by atoms with van der Waals surface area (Å²) in [5.74, 6) is 0.0692. The van der Waals surface area contributed by atoms with Gasteiger partial charge >= 0.3 is 0 Å². The Morgan fingerprint density at radius 3 is 2.76 bits per heavy atom. The summed E-state index contributed by atoms with van der Waals surface area (Å²) in [7, 11) is 0. The third kappa shape index (κ3) is 4.80. The lowest BCUT2D eigenvalue weighted by molar-refractivity contribution is -0.128. The summed E-state index contributed by atoms with van der Waals surface area (Å²) in [6.07, 6.45) is 3.77. The van der Waals surface area contributed by atoms with Crippen LogP contribution < -0.4 is 15.4 Å². The first-order valence-electron chi connectivity index (χ1n) is 12.6. The minimum Gasteiger partial charge on any atom is -0.437 e. The van der Waals surface area contributed by atoms with Gasteiger partial charge < -0.3 is 25.2 Å². The molecule has 1 aliphatic carbocycles. The summed E-state index contributed by atoms with van der Waals surface area (Å²) >= 11 is 0. The molecule has 1 aliphatic heterocycles.